The molecule has 0 N–H and O–H groups in total. The zero-order valence-electron chi connectivity index (χ0n) is 18.3. The van der Waals surface area contributed by atoms with Gasteiger partial charge in [-0.25, -0.2) is 4.68 Å². The second-order valence-electron chi connectivity index (χ2n) is 8.43. The zero-order valence-corrected chi connectivity index (χ0v) is 18.3. The summed E-state index contributed by atoms with van der Waals surface area (Å²) in [5, 5.41) is 8.70. The van der Waals surface area contributed by atoms with Gasteiger partial charge in [0.1, 0.15) is 0 Å². The van der Waals surface area contributed by atoms with Crippen molar-refractivity contribution in [2.45, 2.75) is 31.3 Å². The Labute approximate surface area is 193 Å². The van der Waals surface area contributed by atoms with E-state index in [1.807, 2.05) is 83.9 Å². The molecule has 5 nitrogen and oxygen atoms in total. The molecule has 1 aliphatic rings. The van der Waals surface area contributed by atoms with E-state index in [4.69, 9.17) is 6.42 Å². The summed E-state index contributed by atoms with van der Waals surface area (Å²) in [7, 11) is 0. The molecule has 5 heteroatoms. The van der Waals surface area contributed by atoms with Crippen LogP contribution in [0.5, 0.6) is 0 Å². The van der Waals surface area contributed by atoms with E-state index < -0.39 is 5.41 Å². The average molecular weight is 433 g/mol. The highest BCUT2D eigenvalue weighted by Crippen LogP contribution is 2.46. The maximum Gasteiger partial charge on any atom is 0.239 e. The van der Waals surface area contributed by atoms with Gasteiger partial charge in [-0.1, -0.05) is 84.1 Å². The monoisotopic (exact) mass is 432 g/mol. The van der Waals surface area contributed by atoms with E-state index in [2.05, 4.69) is 28.4 Å². The van der Waals surface area contributed by atoms with E-state index in [0.29, 0.717) is 25.9 Å². The summed E-state index contributed by atoms with van der Waals surface area (Å²) in [6, 6.07) is 28.1. The van der Waals surface area contributed by atoms with Crippen LogP contribution in [0.15, 0.2) is 91.1 Å². The van der Waals surface area contributed by atoms with Crippen molar-refractivity contribution in [3.05, 3.63) is 114 Å². The number of nitrogens with zero attached hydrogens (tertiary/aromatic N) is 4. The van der Waals surface area contributed by atoms with Gasteiger partial charge in [0.05, 0.1) is 24.2 Å². The number of rotatable bonds is 7. The Morgan fingerprint density at radius 1 is 0.848 bits per heavy atom. The van der Waals surface area contributed by atoms with Gasteiger partial charge in [-0.2, -0.15) is 0 Å². The van der Waals surface area contributed by atoms with Crippen molar-refractivity contribution in [2.24, 2.45) is 0 Å². The number of benzene rings is 3. The van der Waals surface area contributed by atoms with Crippen LogP contribution in [0.2, 0.25) is 0 Å². The zero-order chi connectivity index (χ0) is 22.7. The van der Waals surface area contributed by atoms with E-state index in [-0.39, 0.29) is 5.91 Å². The van der Waals surface area contributed by atoms with Crippen LogP contribution in [0.1, 0.15) is 28.8 Å². The molecule has 2 heterocycles. The third-order valence-electron chi connectivity index (χ3n) is 6.21. The second-order valence-corrected chi connectivity index (χ2v) is 8.43. The van der Waals surface area contributed by atoms with Gasteiger partial charge in [-0.15, -0.1) is 17.4 Å². The molecule has 3 aromatic carbocycles. The van der Waals surface area contributed by atoms with Crippen molar-refractivity contribution in [1.29, 1.82) is 0 Å². The van der Waals surface area contributed by atoms with Crippen LogP contribution >= 0.6 is 0 Å². The SMILES string of the molecule is C#CCC1(Cc2cn(Cc3ccccc3)nn2)C(=O)N(Cc2ccccc2)c2ccccc21. The molecular formula is C28H24N4O. The Balaban J connectivity index is 1.48. The van der Waals surface area contributed by atoms with Crippen molar-refractivity contribution in [3.63, 3.8) is 0 Å². The number of hydrogen-bond donors (Lipinski definition) is 0. The van der Waals surface area contributed by atoms with Gasteiger partial charge in [0.2, 0.25) is 5.91 Å². The fraction of sp³-hybridized carbons (Fsp3) is 0.179. The Morgan fingerprint density at radius 2 is 1.48 bits per heavy atom. The summed E-state index contributed by atoms with van der Waals surface area (Å²) < 4.78 is 1.81. The summed E-state index contributed by atoms with van der Waals surface area (Å²) in [6.45, 7) is 1.13. The molecule has 0 aliphatic carbocycles. The molecule has 1 aliphatic heterocycles. The Kier molecular flexibility index (Phi) is 5.50. The molecule has 1 atom stereocenters. The first-order chi connectivity index (χ1) is 16.2. The average Bonchev–Trinajstić information content (AvgIpc) is 3.37. The topological polar surface area (TPSA) is 51.0 Å². The fourth-order valence-electron chi connectivity index (χ4n) is 4.67. The number of para-hydroxylation sites is 1. The number of carbonyl (C=O) groups is 1. The van der Waals surface area contributed by atoms with Gasteiger partial charge in [-0.3, -0.25) is 4.79 Å². The lowest BCUT2D eigenvalue weighted by Crippen LogP contribution is -2.41. The quantitative estimate of drug-likeness (QED) is 0.407. The van der Waals surface area contributed by atoms with E-state index in [0.717, 1.165) is 28.1 Å². The van der Waals surface area contributed by atoms with Crippen LogP contribution in [-0.4, -0.2) is 20.9 Å². The van der Waals surface area contributed by atoms with Crippen molar-refractivity contribution in [3.8, 4) is 12.3 Å². The minimum Gasteiger partial charge on any atom is -0.307 e. The molecule has 162 valence electrons. The summed E-state index contributed by atoms with van der Waals surface area (Å²) in [5.41, 5.74) is 3.99. The maximum atomic E-state index is 14.0. The molecule has 4 aromatic rings. The lowest BCUT2D eigenvalue weighted by Gasteiger charge is -2.26. The minimum absolute atomic E-state index is 0.0168. The maximum absolute atomic E-state index is 14.0. The molecule has 0 bridgehead atoms. The van der Waals surface area contributed by atoms with Crippen LogP contribution in [0.25, 0.3) is 0 Å². The van der Waals surface area contributed by atoms with Gasteiger partial charge in [0.15, 0.2) is 0 Å². The molecule has 0 fully saturated rings. The molecule has 1 unspecified atom stereocenters. The number of aromatic nitrogens is 3. The lowest BCUT2D eigenvalue weighted by molar-refractivity contribution is -0.123. The third kappa shape index (κ3) is 3.92. The number of fused-ring (bicyclic) bond motifs is 1. The number of hydrogen-bond acceptors (Lipinski definition) is 3. The van der Waals surface area contributed by atoms with Crippen molar-refractivity contribution < 1.29 is 4.79 Å². The highest BCUT2D eigenvalue weighted by molar-refractivity contribution is 6.08. The van der Waals surface area contributed by atoms with Crippen LogP contribution in [-0.2, 0) is 29.7 Å². The summed E-state index contributed by atoms with van der Waals surface area (Å²) >= 11 is 0. The van der Waals surface area contributed by atoms with Gasteiger partial charge in [0, 0.05) is 24.7 Å². The van der Waals surface area contributed by atoms with E-state index >= 15 is 0 Å². The largest absolute Gasteiger partial charge is 0.307 e. The summed E-state index contributed by atoms with van der Waals surface area (Å²) in [4.78, 5) is 15.8. The Bertz CT molecular complexity index is 1310. The lowest BCUT2D eigenvalue weighted by atomic mass is 9.75. The first-order valence-electron chi connectivity index (χ1n) is 11.0. The van der Waals surface area contributed by atoms with Gasteiger partial charge >= 0.3 is 0 Å². The number of terminal acetylenes is 1. The van der Waals surface area contributed by atoms with Crippen molar-refractivity contribution >= 4 is 11.6 Å². The van der Waals surface area contributed by atoms with E-state index in [1.54, 1.807) is 4.68 Å². The van der Waals surface area contributed by atoms with Gasteiger partial charge in [-0.05, 0) is 22.8 Å². The highest BCUT2D eigenvalue weighted by atomic mass is 16.2. The summed E-state index contributed by atoms with van der Waals surface area (Å²) in [6.07, 6.45) is 8.44. The Hall–Kier alpha value is -4.17. The van der Waals surface area contributed by atoms with E-state index in [1.165, 1.54) is 0 Å². The van der Waals surface area contributed by atoms with Crippen molar-refractivity contribution in [2.75, 3.05) is 4.90 Å². The Morgan fingerprint density at radius 3 is 2.18 bits per heavy atom. The molecule has 0 radical (unpaired) electrons. The second kappa shape index (κ2) is 8.76. The first-order valence-corrected chi connectivity index (χ1v) is 11.0. The molecule has 5 rings (SSSR count). The number of anilines is 1. The van der Waals surface area contributed by atoms with Crippen molar-refractivity contribution in [1.82, 2.24) is 15.0 Å². The molecule has 0 saturated carbocycles. The molecule has 0 saturated heterocycles. The summed E-state index contributed by atoms with van der Waals surface area (Å²) in [5.74, 6) is 2.79. The highest BCUT2D eigenvalue weighted by Gasteiger charge is 2.50. The first kappa shape index (κ1) is 20.7. The molecule has 1 aromatic heterocycles. The van der Waals surface area contributed by atoms with Crippen LogP contribution in [0, 0.1) is 12.3 Å². The molecular weight excluding hydrogens is 408 g/mol. The smallest absolute Gasteiger partial charge is 0.239 e. The predicted molar refractivity (Wildman–Crippen MR) is 128 cm³/mol. The van der Waals surface area contributed by atoms with Crippen LogP contribution in [0.3, 0.4) is 0 Å². The number of carbonyl (C=O) groups excluding carboxylic acids is 1. The number of amides is 1. The molecule has 0 spiro atoms. The normalized spacial score (nSPS) is 17.1. The minimum atomic E-state index is -0.853. The standard InChI is InChI=1S/C28H24N4O/c1-2-17-28(18-24-21-31(30-29-24)19-22-11-5-3-6-12-22)25-15-9-10-16-26(25)32(27(28)33)20-23-13-7-4-8-14-23/h1,3-16,21H,17-20H2. The van der Waals surface area contributed by atoms with Crippen LogP contribution < -0.4 is 4.90 Å². The predicted octanol–water partition coefficient (Wildman–Crippen LogP) is 4.38. The third-order valence-corrected chi connectivity index (χ3v) is 6.21. The van der Waals surface area contributed by atoms with E-state index in [9.17, 15) is 4.79 Å². The van der Waals surface area contributed by atoms with Gasteiger partial charge in [0.25, 0.3) is 0 Å². The van der Waals surface area contributed by atoms with Gasteiger partial charge < -0.3 is 4.90 Å². The molecule has 33 heavy (non-hydrogen) atoms. The fourth-order valence-corrected chi connectivity index (χ4v) is 4.67. The van der Waals surface area contributed by atoms with Crippen LogP contribution in [0.4, 0.5) is 5.69 Å². The molecule has 1 amide bonds.